The van der Waals surface area contributed by atoms with Gasteiger partial charge < -0.3 is 19.5 Å². The molecule has 0 saturated heterocycles. The number of ether oxygens (including phenoxy) is 1. The molecule has 2 aromatic carbocycles. The Balaban J connectivity index is 1.70. The summed E-state index contributed by atoms with van der Waals surface area (Å²) < 4.78 is 5.22. The van der Waals surface area contributed by atoms with Crippen LogP contribution in [0, 0.1) is 0 Å². The molecule has 6 heteroatoms. The number of H-pyrrole nitrogens is 1. The molecule has 6 nitrogen and oxygen atoms in total. The summed E-state index contributed by atoms with van der Waals surface area (Å²) in [6.07, 6.45) is 7.41. The molecule has 35 heavy (non-hydrogen) atoms. The van der Waals surface area contributed by atoms with Gasteiger partial charge in [0.25, 0.3) is 0 Å². The topological polar surface area (TPSA) is 65.6 Å². The number of methoxy groups -OCH3 is 1. The van der Waals surface area contributed by atoms with Crippen LogP contribution in [-0.4, -0.2) is 59.9 Å². The number of rotatable bonds is 15. The van der Waals surface area contributed by atoms with E-state index in [1.807, 2.05) is 53.6 Å². The van der Waals surface area contributed by atoms with Gasteiger partial charge in [0.1, 0.15) is 0 Å². The zero-order chi connectivity index (χ0) is 24.9. The van der Waals surface area contributed by atoms with Crippen molar-refractivity contribution in [3.8, 4) is 0 Å². The molecule has 0 spiro atoms. The predicted molar refractivity (Wildman–Crippen MR) is 141 cm³/mol. The highest BCUT2D eigenvalue weighted by Crippen LogP contribution is 2.19. The van der Waals surface area contributed by atoms with Crippen molar-refractivity contribution < 1.29 is 14.3 Å². The number of carbonyl (C=O) groups excluding carboxylic acids is 2. The van der Waals surface area contributed by atoms with Crippen molar-refractivity contribution in [2.75, 3.05) is 33.4 Å². The van der Waals surface area contributed by atoms with Crippen LogP contribution in [0.15, 0.2) is 60.8 Å². The van der Waals surface area contributed by atoms with Crippen LogP contribution in [-0.2, 0) is 27.3 Å². The first-order valence-electron chi connectivity index (χ1n) is 12.8. The van der Waals surface area contributed by atoms with Crippen LogP contribution in [0.1, 0.15) is 50.2 Å². The monoisotopic (exact) mass is 477 g/mol. The highest BCUT2D eigenvalue weighted by molar-refractivity contribution is 5.85. The van der Waals surface area contributed by atoms with E-state index >= 15 is 0 Å². The van der Waals surface area contributed by atoms with Crippen LogP contribution < -0.4 is 0 Å². The molecular weight excluding hydrogens is 438 g/mol. The average molecular weight is 478 g/mol. The van der Waals surface area contributed by atoms with Gasteiger partial charge in [-0.1, -0.05) is 74.7 Å². The van der Waals surface area contributed by atoms with Crippen LogP contribution >= 0.6 is 0 Å². The van der Waals surface area contributed by atoms with Gasteiger partial charge in [-0.2, -0.15) is 0 Å². The summed E-state index contributed by atoms with van der Waals surface area (Å²) in [5, 5.41) is 1.18. The quantitative estimate of drug-likeness (QED) is 0.307. The Labute approximate surface area is 209 Å². The summed E-state index contributed by atoms with van der Waals surface area (Å²) in [4.78, 5) is 33.3. The van der Waals surface area contributed by atoms with Gasteiger partial charge in [-0.05, 0) is 30.0 Å². The lowest BCUT2D eigenvalue weighted by Crippen LogP contribution is -2.44. The highest BCUT2D eigenvalue weighted by atomic mass is 16.5. The molecule has 0 fully saturated rings. The number of fused-ring (bicyclic) bond motifs is 1. The molecular formula is C29H39N3O3. The van der Waals surface area contributed by atoms with Gasteiger partial charge in [0.2, 0.25) is 11.8 Å². The molecule has 0 saturated carbocycles. The summed E-state index contributed by atoms with van der Waals surface area (Å²) >= 11 is 0. The molecule has 1 aromatic heterocycles. The Morgan fingerprint density at radius 2 is 1.66 bits per heavy atom. The maximum atomic E-state index is 13.5. The Morgan fingerprint density at radius 1 is 0.886 bits per heavy atom. The number of hydrogen-bond acceptors (Lipinski definition) is 3. The van der Waals surface area contributed by atoms with E-state index in [4.69, 9.17) is 4.74 Å². The summed E-state index contributed by atoms with van der Waals surface area (Å²) in [5.74, 6) is -0.00509. The largest absolute Gasteiger partial charge is 0.383 e. The van der Waals surface area contributed by atoms with Gasteiger partial charge in [-0.3, -0.25) is 9.59 Å². The number of aromatic nitrogens is 1. The van der Waals surface area contributed by atoms with E-state index < -0.39 is 0 Å². The first-order valence-corrected chi connectivity index (χ1v) is 12.8. The minimum atomic E-state index is -0.0355. The lowest BCUT2D eigenvalue weighted by Gasteiger charge is -2.28. The normalized spacial score (nSPS) is 11.0. The Bertz CT molecular complexity index is 1050. The van der Waals surface area contributed by atoms with Crippen LogP contribution in [0.25, 0.3) is 10.9 Å². The van der Waals surface area contributed by atoms with Crippen molar-refractivity contribution in [1.29, 1.82) is 0 Å². The third-order valence-electron chi connectivity index (χ3n) is 6.38. The molecule has 0 aliphatic rings. The van der Waals surface area contributed by atoms with Crippen molar-refractivity contribution in [3.63, 3.8) is 0 Å². The number of nitrogens with one attached hydrogen (secondary N) is 1. The summed E-state index contributed by atoms with van der Waals surface area (Å²) in [7, 11) is 1.62. The van der Waals surface area contributed by atoms with Crippen molar-refractivity contribution >= 4 is 22.7 Å². The van der Waals surface area contributed by atoms with E-state index in [1.54, 1.807) is 12.0 Å². The van der Waals surface area contributed by atoms with E-state index in [1.165, 1.54) is 10.9 Å². The molecule has 0 aliphatic carbocycles. The van der Waals surface area contributed by atoms with Gasteiger partial charge >= 0.3 is 0 Å². The molecule has 2 amide bonds. The minimum Gasteiger partial charge on any atom is -0.383 e. The molecule has 0 atom stereocenters. The third kappa shape index (κ3) is 8.25. The number of benzene rings is 2. The fourth-order valence-electron chi connectivity index (χ4n) is 4.31. The van der Waals surface area contributed by atoms with E-state index in [0.717, 1.165) is 43.2 Å². The van der Waals surface area contributed by atoms with E-state index in [-0.39, 0.29) is 18.4 Å². The number of unbranched alkanes of at least 4 members (excludes halogenated alkanes) is 3. The predicted octanol–water partition coefficient (Wildman–Crippen LogP) is 5.18. The molecule has 1 N–H and O–H groups in total. The highest BCUT2D eigenvalue weighted by Gasteiger charge is 2.21. The second-order valence-electron chi connectivity index (χ2n) is 9.03. The fraction of sp³-hybridized carbons (Fsp3) is 0.448. The first kappa shape index (κ1) is 26.5. The fourth-order valence-corrected chi connectivity index (χ4v) is 4.31. The first-order chi connectivity index (χ1) is 17.1. The van der Waals surface area contributed by atoms with Gasteiger partial charge in [-0.25, -0.2) is 0 Å². The number of para-hydroxylation sites is 1. The van der Waals surface area contributed by atoms with Gasteiger partial charge in [0.05, 0.1) is 13.2 Å². The van der Waals surface area contributed by atoms with Crippen molar-refractivity contribution in [2.45, 2.75) is 52.0 Å². The number of amides is 2. The van der Waals surface area contributed by atoms with E-state index in [2.05, 4.69) is 24.0 Å². The van der Waals surface area contributed by atoms with Crippen molar-refractivity contribution in [1.82, 2.24) is 14.8 Å². The Hall–Kier alpha value is -3.12. The zero-order valence-electron chi connectivity index (χ0n) is 21.2. The maximum absolute atomic E-state index is 13.5. The van der Waals surface area contributed by atoms with Crippen LogP contribution in [0.3, 0.4) is 0 Å². The Kier molecular flexibility index (Phi) is 10.8. The summed E-state index contributed by atoms with van der Waals surface area (Å²) in [6, 6.07) is 18.2. The van der Waals surface area contributed by atoms with Crippen LogP contribution in [0.5, 0.6) is 0 Å². The molecule has 3 rings (SSSR count). The third-order valence-corrected chi connectivity index (χ3v) is 6.38. The second kappa shape index (κ2) is 14.3. The number of nitrogens with zero attached hydrogens (tertiary/aromatic N) is 2. The molecule has 0 radical (unpaired) electrons. The lowest BCUT2D eigenvalue weighted by molar-refractivity contribution is -0.141. The summed E-state index contributed by atoms with van der Waals surface area (Å²) in [6.45, 7) is 4.18. The zero-order valence-corrected chi connectivity index (χ0v) is 21.2. The molecule has 0 unspecified atom stereocenters. The molecule has 188 valence electrons. The van der Waals surface area contributed by atoms with Crippen molar-refractivity contribution in [3.05, 3.63) is 71.9 Å². The van der Waals surface area contributed by atoms with Gasteiger partial charge in [-0.15, -0.1) is 0 Å². The van der Waals surface area contributed by atoms with E-state index in [0.29, 0.717) is 32.7 Å². The van der Waals surface area contributed by atoms with Crippen molar-refractivity contribution in [2.24, 2.45) is 0 Å². The standard InChI is InChI=1S/C29H39N3O3/c1-3-4-5-9-16-28(33)32(19-20-35-2)23-29(34)31(22-24-12-7-6-8-13-24)18-17-25-21-30-27-15-11-10-14-26(25)27/h6-8,10-15,21,30H,3-5,9,16-20,22-23H2,1-2H3. The van der Waals surface area contributed by atoms with Gasteiger partial charge in [0, 0.05) is 50.3 Å². The number of aromatic amines is 1. The molecule has 3 aromatic rings. The van der Waals surface area contributed by atoms with E-state index in [9.17, 15) is 9.59 Å². The molecule has 0 bridgehead atoms. The molecule has 1 heterocycles. The lowest BCUT2D eigenvalue weighted by atomic mass is 10.1. The maximum Gasteiger partial charge on any atom is 0.242 e. The minimum absolute atomic E-state index is 0.0304. The van der Waals surface area contributed by atoms with Crippen LogP contribution in [0.2, 0.25) is 0 Å². The van der Waals surface area contributed by atoms with Crippen LogP contribution in [0.4, 0.5) is 0 Å². The smallest absolute Gasteiger partial charge is 0.242 e. The SMILES string of the molecule is CCCCCCC(=O)N(CCOC)CC(=O)N(CCc1c[nH]c2ccccc12)Cc1ccccc1. The number of hydrogen-bond donors (Lipinski definition) is 1. The summed E-state index contributed by atoms with van der Waals surface area (Å²) in [5.41, 5.74) is 3.37. The average Bonchev–Trinajstić information content (AvgIpc) is 3.30. The second-order valence-corrected chi connectivity index (χ2v) is 9.03. The number of carbonyl (C=O) groups is 2. The van der Waals surface area contributed by atoms with Gasteiger partial charge in [0.15, 0.2) is 0 Å². The molecule has 0 aliphatic heterocycles. The Morgan fingerprint density at radius 3 is 2.43 bits per heavy atom.